The Morgan fingerprint density at radius 1 is 0.547 bits per heavy atom. The summed E-state index contributed by atoms with van der Waals surface area (Å²) in [7, 11) is 0. The van der Waals surface area contributed by atoms with Crippen LogP contribution < -0.4 is 9.30 Å². The maximum atomic E-state index is 9.22. The standard InChI is InChI=1S/C69H56N4O.Pt/c1-46-18-14-15-25-57(46)51-31-37-63-65(41-51)72(67-58(48-19-10-8-11-20-48)26-17-27-59(67)49-21-12-9-13-22-49)45-71(63)54-23-16-24-55(43-54)74-56-34-35-60-61-40-50(47-28-32-52(33-29-47)68(2,3)4)30-36-62(61)73(64(60)44-56)66-42-53(38-39-70-66)69(5,6)7;/h8-42H,1-7H3;/q-2;/i1D3,8D,9D,10D,11D,12D,13D,19D,20D,21D,22D;. The Kier molecular flexibility index (Phi) is 9.41. The fourth-order valence-electron chi connectivity index (χ4n) is 9.63. The molecule has 0 radical (unpaired) electrons. The Bertz CT molecular complexity index is 4660. The second kappa shape index (κ2) is 19.6. The van der Waals surface area contributed by atoms with E-state index in [1.54, 1.807) is 63.7 Å². The quantitative estimate of drug-likeness (QED) is 0.107. The van der Waals surface area contributed by atoms with Crippen molar-refractivity contribution >= 4 is 32.8 Å². The van der Waals surface area contributed by atoms with Crippen molar-refractivity contribution in [3.05, 3.63) is 247 Å². The third-order valence-electron chi connectivity index (χ3n) is 13.5. The third kappa shape index (κ3) is 9.32. The van der Waals surface area contributed by atoms with Gasteiger partial charge in [-0.2, -0.15) is 18.2 Å². The fourth-order valence-corrected chi connectivity index (χ4v) is 9.63. The number of hydrogen-bond donors (Lipinski definition) is 0. The van der Waals surface area contributed by atoms with Crippen LogP contribution in [0.2, 0.25) is 0 Å². The van der Waals surface area contributed by atoms with E-state index in [2.05, 4.69) is 113 Å². The van der Waals surface area contributed by atoms with Gasteiger partial charge in [-0.25, -0.2) is 4.98 Å². The minimum Gasteiger partial charge on any atom is -0.510 e. The van der Waals surface area contributed by atoms with Crippen LogP contribution >= 0.6 is 0 Å². The molecule has 0 N–H and O–H groups in total. The number of rotatable bonds is 9. The zero-order valence-corrected chi connectivity index (χ0v) is 44.2. The number of aryl methyl sites for hydroxylation is 1. The molecule has 75 heavy (non-hydrogen) atoms. The average molecular weight is 1170 g/mol. The van der Waals surface area contributed by atoms with Crippen molar-refractivity contribution in [2.45, 2.75) is 59.2 Å². The number of hydrogen-bond acceptors (Lipinski definition) is 2. The molecule has 3 aromatic heterocycles. The van der Waals surface area contributed by atoms with Crippen LogP contribution in [0.1, 0.15) is 76.1 Å². The molecule has 0 saturated heterocycles. The number of pyridine rings is 1. The Hall–Kier alpha value is -8.11. The van der Waals surface area contributed by atoms with Gasteiger partial charge >= 0.3 is 0 Å². The van der Waals surface area contributed by atoms with E-state index in [4.69, 9.17) is 22.1 Å². The van der Waals surface area contributed by atoms with Crippen molar-refractivity contribution < 1.29 is 48.2 Å². The molecule has 12 aromatic rings. The van der Waals surface area contributed by atoms with Crippen molar-refractivity contribution in [3.63, 3.8) is 0 Å². The Balaban J connectivity index is 0.00000800. The summed E-state index contributed by atoms with van der Waals surface area (Å²) in [6.07, 6.45) is 5.26. The van der Waals surface area contributed by atoms with Crippen LogP contribution in [0.3, 0.4) is 0 Å². The first-order chi connectivity index (χ1) is 41.2. The average Bonchev–Trinajstić information content (AvgIpc) is 1.45. The fraction of sp³-hybridized carbons (Fsp3) is 0.130. The first-order valence-corrected chi connectivity index (χ1v) is 24.4. The first kappa shape index (κ1) is 35.9. The van der Waals surface area contributed by atoms with Crippen LogP contribution in [0, 0.1) is 25.3 Å². The smallest absolute Gasteiger partial charge is 0.268 e. The van der Waals surface area contributed by atoms with Gasteiger partial charge in [-0.05, 0) is 114 Å². The summed E-state index contributed by atoms with van der Waals surface area (Å²) in [5.74, 6) is 1.36. The summed E-state index contributed by atoms with van der Waals surface area (Å²) < 4.78 is 126. The molecule has 0 aliphatic heterocycles. The van der Waals surface area contributed by atoms with E-state index >= 15 is 0 Å². The van der Waals surface area contributed by atoms with Gasteiger partial charge in [0.25, 0.3) is 6.33 Å². The van der Waals surface area contributed by atoms with Gasteiger partial charge < -0.3 is 13.9 Å². The van der Waals surface area contributed by atoms with Crippen molar-refractivity contribution in [2.24, 2.45) is 0 Å². The van der Waals surface area contributed by atoms with E-state index in [0.29, 0.717) is 39.4 Å². The molecule has 0 aliphatic rings. The summed E-state index contributed by atoms with van der Waals surface area (Å²) in [5, 5.41) is 1.93. The Morgan fingerprint density at radius 2 is 1.19 bits per heavy atom. The normalized spacial score (nSPS) is 14.5. The van der Waals surface area contributed by atoms with Crippen LogP contribution in [-0.2, 0) is 31.9 Å². The number of ether oxygens (including phenoxy) is 1. The molecule has 12 rings (SSSR count). The van der Waals surface area contributed by atoms with Crippen LogP contribution in [0.15, 0.2) is 212 Å². The van der Waals surface area contributed by atoms with Gasteiger partial charge in [-0.1, -0.05) is 198 Å². The zero-order chi connectivity index (χ0) is 61.9. The van der Waals surface area contributed by atoms with E-state index in [1.165, 1.54) is 29.8 Å². The molecule has 0 aliphatic carbocycles. The molecule has 6 heteroatoms. The van der Waals surface area contributed by atoms with Gasteiger partial charge in [-0.15, -0.1) is 29.7 Å². The molecule has 0 bridgehead atoms. The molecule has 3 heterocycles. The first-order valence-electron chi connectivity index (χ1n) is 30.9. The molecule has 9 aromatic carbocycles. The maximum Gasteiger partial charge on any atom is 0.268 e. The number of fused-ring (bicyclic) bond motifs is 4. The zero-order valence-electron chi connectivity index (χ0n) is 54.9. The van der Waals surface area contributed by atoms with Gasteiger partial charge in [-0.3, -0.25) is 4.57 Å². The minimum absolute atomic E-state index is 0. The van der Waals surface area contributed by atoms with Crippen LogP contribution in [0.4, 0.5) is 0 Å². The Labute approximate surface area is 472 Å². The molecule has 0 saturated carbocycles. The van der Waals surface area contributed by atoms with E-state index in [-0.39, 0.29) is 71.1 Å². The predicted octanol–water partition coefficient (Wildman–Crippen LogP) is 17.2. The van der Waals surface area contributed by atoms with E-state index in [9.17, 15) is 5.48 Å². The molecule has 370 valence electrons. The summed E-state index contributed by atoms with van der Waals surface area (Å²) in [6.45, 7) is 10.6. The molecule has 0 unspecified atom stereocenters. The second-order valence-corrected chi connectivity index (χ2v) is 20.4. The topological polar surface area (TPSA) is 35.9 Å². The summed E-state index contributed by atoms with van der Waals surface area (Å²) in [5.41, 5.74) is 7.76. The molecule has 5 nitrogen and oxygen atoms in total. The van der Waals surface area contributed by atoms with Crippen molar-refractivity contribution in [3.8, 4) is 73.2 Å². The monoisotopic (exact) mass is 1160 g/mol. The largest absolute Gasteiger partial charge is 0.510 e. The predicted molar refractivity (Wildman–Crippen MR) is 304 cm³/mol. The molecule has 0 spiro atoms. The van der Waals surface area contributed by atoms with Gasteiger partial charge in [0.1, 0.15) is 5.82 Å². The molecular weight excluding hydrogens is 1100 g/mol. The summed E-state index contributed by atoms with van der Waals surface area (Å²) in [6, 6.07) is 46.0. The van der Waals surface area contributed by atoms with Crippen molar-refractivity contribution in [1.82, 2.24) is 14.1 Å². The molecule has 0 fully saturated rings. The van der Waals surface area contributed by atoms with Gasteiger partial charge in [0.15, 0.2) is 0 Å². The summed E-state index contributed by atoms with van der Waals surface area (Å²) >= 11 is 0. The number of nitrogens with zero attached hydrogens (tertiary/aromatic N) is 4. The summed E-state index contributed by atoms with van der Waals surface area (Å²) in [4.78, 5) is 4.92. The molecule has 0 atom stereocenters. The van der Waals surface area contributed by atoms with E-state index in [0.717, 1.165) is 38.5 Å². The number of benzene rings is 9. The maximum absolute atomic E-state index is 9.22. The van der Waals surface area contributed by atoms with E-state index in [1.807, 2.05) is 24.4 Å². The number of aromatic nitrogens is 4. The van der Waals surface area contributed by atoms with Crippen LogP contribution in [-0.4, -0.2) is 14.1 Å². The van der Waals surface area contributed by atoms with Crippen molar-refractivity contribution in [2.75, 3.05) is 0 Å². The Morgan fingerprint density at radius 3 is 1.89 bits per heavy atom. The van der Waals surface area contributed by atoms with Crippen molar-refractivity contribution in [1.29, 1.82) is 0 Å². The van der Waals surface area contributed by atoms with E-state index < -0.39 is 67.3 Å². The molecular formula is C69H56N4OPt-2. The minimum atomic E-state index is -2.52. The number of para-hydroxylation sites is 1. The van der Waals surface area contributed by atoms with Crippen LogP contribution in [0.5, 0.6) is 11.5 Å². The number of imidazole rings is 1. The van der Waals surface area contributed by atoms with Gasteiger partial charge in [0, 0.05) is 48.4 Å². The van der Waals surface area contributed by atoms with Gasteiger partial charge in [0.05, 0.1) is 30.4 Å². The molecule has 0 amide bonds. The second-order valence-electron chi connectivity index (χ2n) is 20.4. The third-order valence-corrected chi connectivity index (χ3v) is 13.5. The SMILES string of the molecule is [2H]c1c([2H])c([2H])c(-c2cccc(-c3c([2H])c([2H])c([2H])c([2H])c3[2H])c2-[n+]2[c-]n(-c3[c-]c(Oc4[c-]c5c(cc4)c4cc(-c6ccc(C(C)(C)C)cc6)ccc4n5-c4cc(C(C)(C)C)ccn4)ccc3)c3ccc(-c4ccccc4C([2H])([2H])[2H])cc32)c([2H])c1[2H].[Pt]. The van der Waals surface area contributed by atoms with Crippen LogP contribution in [0.25, 0.3) is 94.5 Å². The van der Waals surface area contributed by atoms with Gasteiger partial charge in [0.2, 0.25) is 0 Å².